The van der Waals surface area contributed by atoms with E-state index in [1.165, 1.54) is 0 Å². The fourth-order valence-corrected chi connectivity index (χ4v) is 2.42. The number of hydrogen-bond acceptors (Lipinski definition) is 4. The number of rotatable bonds is 4. The highest BCUT2D eigenvalue weighted by molar-refractivity contribution is 6.21. The molecule has 1 atom stereocenters. The number of aliphatic hydroxyl groups excluding tert-OH is 1. The van der Waals surface area contributed by atoms with Crippen LogP contribution in [0.15, 0.2) is 35.9 Å². The number of carbonyl (C=O) groups excluding carboxylic acids is 2. The largest absolute Gasteiger partial charge is 0.511 e. The van der Waals surface area contributed by atoms with Crippen LogP contribution in [0.5, 0.6) is 0 Å². The molecule has 1 aromatic rings. The summed E-state index contributed by atoms with van der Waals surface area (Å²) in [5, 5.41) is 9.99. The van der Waals surface area contributed by atoms with E-state index in [-0.39, 0.29) is 35.2 Å². The Balaban J connectivity index is 2.23. The molecule has 0 aliphatic heterocycles. The Morgan fingerprint density at radius 1 is 1.47 bits per heavy atom. The zero-order valence-corrected chi connectivity index (χ0v) is 10.9. The van der Waals surface area contributed by atoms with Crippen molar-refractivity contribution < 1.29 is 14.7 Å². The van der Waals surface area contributed by atoms with Gasteiger partial charge >= 0.3 is 0 Å². The second kappa shape index (κ2) is 5.78. The smallest absolute Gasteiger partial charge is 0.170 e. The number of aliphatic hydroxyl groups is 1. The molecule has 1 heterocycles. The highest BCUT2D eigenvalue weighted by Crippen LogP contribution is 2.33. The van der Waals surface area contributed by atoms with Gasteiger partial charge in [0.15, 0.2) is 11.6 Å². The molecule has 0 amide bonds. The summed E-state index contributed by atoms with van der Waals surface area (Å²) in [6.45, 7) is 1.88. The Labute approximate surface area is 112 Å². The Bertz CT molecular complexity index is 519. The Morgan fingerprint density at radius 2 is 2.26 bits per heavy atom. The zero-order chi connectivity index (χ0) is 13.8. The van der Waals surface area contributed by atoms with Crippen molar-refractivity contribution in [2.75, 3.05) is 0 Å². The third-order valence-corrected chi connectivity index (χ3v) is 3.35. The van der Waals surface area contributed by atoms with Crippen molar-refractivity contribution in [2.45, 2.75) is 38.5 Å². The molecule has 1 aliphatic rings. The van der Waals surface area contributed by atoms with Crippen molar-refractivity contribution in [3.8, 4) is 0 Å². The van der Waals surface area contributed by atoms with Crippen molar-refractivity contribution in [1.82, 2.24) is 4.98 Å². The maximum atomic E-state index is 12.0. The van der Waals surface area contributed by atoms with Gasteiger partial charge in [-0.2, -0.15) is 0 Å². The number of nitrogens with zero attached hydrogens (tertiary/aromatic N) is 1. The number of allylic oxidation sites excluding steroid dienone is 2. The minimum Gasteiger partial charge on any atom is -0.511 e. The summed E-state index contributed by atoms with van der Waals surface area (Å²) in [5.41, 5.74) is 0.936. The van der Waals surface area contributed by atoms with Gasteiger partial charge in [-0.25, -0.2) is 0 Å². The quantitative estimate of drug-likeness (QED) is 0.844. The highest BCUT2D eigenvalue weighted by Gasteiger charge is 2.31. The van der Waals surface area contributed by atoms with Crippen molar-refractivity contribution >= 4 is 11.6 Å². The first kappa shape index (κ1) is 13.5. The summed E-state index contributed by atoms with van der Waals surface area (Å²) in [5.74, 6) is -0.645. The van der Waals surface area contributed by atoms with Gasteiger partial charge in [0.2, 0.25) is 0 Å². The summed E-state index contributed by atoms with van der Waals surface area (Å²) in [6, 6.07) is 3.69. The SMILES string of the molecule is CCCC(=O)C1=C(O)CC(c2cccnc2)CC1=O. The lowest BCUT2D eigenvalue weighted by atomic mass is 9.81. The van der Waals surface area contributed by atoms with Crippen LogP contribution in [-0.4, -0.2) is 21.7 Å². The van der Waals surface area contributed by atoms with Crippen molar-refractivity contribution in [2.24, 2.45) is 0 Å². The monoisotopic (exact) mass is 259 g/mol. The van der Waals surface area contributed by atoms with Gasteiger partial charge in [-0.1, -0.05) is 13.0 Å². The van der Waals surface area contributed by atoms with E-state index < -0.39 is 0 Å². The normalized spacial score (nSPS) is 19.6. The number of pyridine rings is 1. The maximum absolute atomic E-state index is 12.0. The van der Waals surface area contributed by atoms with E-state index in [1.807, 2.05) is 13.0 Å². The van der Waals surface area contributed by atoms with E-state index in [0.29, 0.717) is 19.3 Å². The van der Waals surface area contributed by atoms with Crippen LogP contribution in [-0.2, 0) is 9.59 Å². The number of ketones is 2. The van der Waals surface area contributed by atoms with E-state index in [0.717, 1.165) is 5.56 Å². The first-order valence-corrected chi connectivity index (χ1v) is 6.52. The summed E-state index contributed by atoms with van der Waals surface area (Å²) in [4.78, 5) is 27.9. The van der Waals surface area contributed by atoms with Crippen LogP contribution in [0.1, 0.15) is 44.1 Å². The third kappa shape index (κ3) is 2.89. The third-order valence-electron chi connectivity index (χ3n) is 3.35. The molecule has 0 saturated heterocycles. The van der Waals surface area contributed by atoms with E-state index in [9.17, 15) is 14.7 Å². The Morgan fingerprint density at radius 3 is 2.84 bits per heavy atom. The van der Waals surface area contributed by atoms with Crippen LogP contribution < -0.4 is 0 Å². The molecule has 19 heavy (non-hydrogen) atoms. The average molecular weight is 259 g/mol. The molecule has 0 aromatic carbocycles. The molecule has 100 valence electrons. The number of aromatic nitrogens is 1. The molecule has 0 radical (unpaired) electrons. The van der Waals surface area contributed by atoms with E-state index in [4.69, 9.17) is 0 Å². The van der Waals surface area contributed by atoms with E-state index in [1.54, 1.807) is 18.5 Å². The number of hydrogen-bond donors (Lipinski definition) is 1. The molecule has 4 nitrogen and oxygen atoms in total. The molecule has 2 rings (SSSR count). The van der Waals surface area contributed by atoms with Gasteiger partial charge in [0.05, 0.1) is 5.57 Å². The minimum absolute atomic E-state index is 0.0157. The fraction of sp³-hybridized carbons (Fsp3) is 0.400. The van der Waals surface area contributed by atoms with Crippen LogP contribution in [0.3, 0.4) is 0 Å². The van der Waals surface area contributed by atoms with Crippen LogP contribution in [0, 0.1) is 0 Å². The summed E-state index contributed by atoms with van der Waals surface area (Å²) < 4.78 is 0. The first-order chi connectivity index (χ1) is 9.13. The predicted molar refractivity (Wildman–Crippen MR) is 70.8 cm³/mol. The van der Waals surface area contributed by atoms with Crippen molar-refractivity contribution in [3.05, 3.63) is 41.4 Å². The molecular weight excluding hydrogens is 242 g/mol. The lowest BCUT2D eigenvalue weighted by Crippen LogP contribution is -2.23. The molecule has 0 saturated carbocycles. The molecule has 1 aliphatic carbocycles. The van der Waals surface area contributed by atoms with Crippen LogP contribution in [0.25, 0.3) is 0 Å². The second-order valence-electron chi connectivity index (χ2n) is 4.81. The standard InChI is InChI=1S/C15H17NO3/c1-2-4-12(17)15-13(18)7-11(8-14(15)19)10-5-3-6-16-9-10/h3,5-6,9,11,18H,2,4,7-8H2,1H3. The molecule has 0 spiro atoms. The van der Waals surface area contributed by atoms with Gasteiger partial charge in [0.1, 0.15) is 5.76 Å². The maximum Gasteiger partial charge on any atom is 0.170 e. The Kier molecular flexibility index (Phi) is 4.10. The summed E-state index contributed by atoms with van der Waals surface area (Å²) in [6.07, 6.45) is 4.95. The Hall–Kier alpha value is -1.97. The molecule has 4 heteroatoms. The molecule has 0 bridgehead atoms. The highest BCUT2D eigenvalue weighted by atomic mass is 16.3. The van der Waals surface area contributed by atoms with Crippen molar-refractivity contribution in [3.63, 3.8) is 0 Å². The first-order valence-electron chi connectivity index (χ1n) is 6.52. The minimum atomic E-state index is -0.254. The topological polar surface area (TPSA) is 67.3 Å². The summed E-state index contributed by atoms with van der Waals surface area (Å²) in [7, 11) is 0. The predicted octanol–water partition coefficient (Wildman–Crippen LogP) is 2.71. The average Bonchev–Trinajstić information content (AvgIpc) is 2.39. The molecule has 1 unspecified atom stereocenters. The number of carbonyl (C=O) groups is 2. The fourth-order valence-electron chi connectivity index (χ4n) is 2.42. The summed E-state index contributed by atoms with van der Waals surface area (Å²) >= 11 is 0. The molecule has 0 fully saturated rings. The van der Waals surface area contributed by atoms with Gasteiger partial charge < -0.3 is 5.11 Å². The zero-order valence-electron chi connectivity index (χ0n) is 10.9. The van der Waals surface area contributed by atoms with Gasteiger partial charge in [0.25, 0.3) is 0 Å². The second-order valence-corrected chi connectivity index (χ2v) is 4.81. The van der Waals surface area contributed by atoms with Gasteiger partial charge in [-0.05, 0) is 24.0 Å². The molecular formula is C15H17NO3. The molecule has 1 N–H and O–H groups in total. The van der Waals surface area contributed by atoms with Gasteiger partial charge in [0, 0.05) is 31.7 Å². The lowest BCUT2D eigenvalue weighted by molar-refractivity contribution is -0.122. The van der Waals surface area contributed by atoms with Crippen molar-refractivity contribution in [1.29, 1.82) is 0 Å². The lowest BCUT2D eigenvalue weighted by Gasteiger charge is -2.22. The van der Waals surface area contributed by atoms with Crippen LogP contribution in [0.2, 0.25) is 0 Å². The van der Waals surface area contributed by atoms with Crippen LogP contribution in [0.4, 0.5) is 0 Å². The van der Waals surface area contributed by atoms with Crippen LogP contribution >= 0.6 is 0 Å². The van der Waals surface area contributed by atoms with E-state index >= 15 is 0 Å². The van der Waals surface area contributed by atoms with E-state index in [2.05, 4.69) is 4.98 Å². The van der Waals surface area contributed by atoms with Gasteiger partial charge in [-0.15, -0.1) is 0 Å². The number of Topliss-reactive ketones (excluding diaryl/α,β-unsaturated/α-hetero) is 2. The van der Waals surface area contributed by atoms with Gasteiger partial charge in [-0.3, -0.25) is 14.6 Å². The molecule has 1 aromatic heterocycles.